The van der Waals surface area contributed by atoms with Crippen LogP contribution in [0.1, 0.15) is 48.2 Å². The third-order valence-corrected chi connectivity index (χ3v) is 4.30. The van der Waals surface area contributed by atoms with Crippen molar-refractivity contribution in [1.29, 1.82) is 0 Å². The quantitative estimate of drug-likeness (QED) is 0.685. The van der Waals surface area contributed by atoms with Crippen LogP contribution in [0.4, 0.5) is 5.69 Å². The first-order chi connectivity index (χ1) is 12.9. The zero-order chi connectivity index (χ0) is 19.8. The molecule has 0 aliphatic carbocycles. The maximum Gasteiger partial charge on any atom is 0.265 e. The van der Waals surface area contributed by atoms with Gasteiger partial charge in [0.1, 0.15) is 5.75 Å². The molecule has 0 fully saturated rings. The second-order valence-electron chi connectivity index (χ2n) is 6.66. The van der Waals surface area contributed by atoms with Crippen LogP contribution in [0.2, 0.25) is 0 Å². The molecule has 0 aliphatic rings. The van der Waals surface area contributed by atoms with Gasteiger partial charge in [0.2, 0.25) is 0 Å². The van der Waals surface area contributed by atoms with Gasteiger partial charge >= 0.3 is 0 Å². The van der Waals surface area contributed by atoms with Crippen LogP contribution in [0.5, 0.6) is 5.75 Å². The Labute approximate surface area is 161 Å². The van der Waals surface area contributed by atoms with Gasteiger partial charge in [-0.3, -0.25) is 9.59 Å². The normalized spacial score (nSPS) is 11.6. The average molecular weight is 368 g/mol. The molecule has 2 N–H and O–H groups in total. The number of ether oxygens (including phenoxy) is 1. The van der Waals surface area contributed by atoms with Gasteiger partial charge in [-0.25, -0.2) is 0 Å². The van der Waals surface area contributed by atoms with E-state index in [0.717, 1.165) is 29.7 Å². The molecule has 144 valence electrons. The van der Waals surface area contributed by atoms with Crippen LogP contribution in [0, 0.1) is 13.8 Å². The fourth-order valence-corrected chi connectivity index (χ4v) is 2.64. The van der Waals surface area contributed by atoms with E-state index in [1.54, 1.807) is 31.2 Å². The van der Waals surface area contributed by atoms with Gasteiger partial charge in [-0.1, -0.05) is 31.5 Å². The van der Waals surface area contributed by atoms with Crippen LogP contribution in [0.25, 0.3) is 0 Å². The second kappa shape index (κ2) is 9.76. The second-order valence-corrected chi connectivity index (χ2v) is 6.66. The van der Waals surface area contributed by atoms with E-state index in [-0.39, 0.29) is 11.8 Å². The number of rotatable bonds is 8. The topological polar surface area (TPSA) is 67.4 Å². The van der Waals surface area contributed by atoms with Crippen LogP contribution in [-0.4, -0.2) is 24.5 Å². The maximum atomic E-state index is 12.4. The summed E-state index contributed by atoms with van der Waals surface area (Å²) in [4.78, 5) is 24.4. The van der Waals surface area contributed by atoms with Crippen molar-refractivity contribution in [3.05, 3.63) is 59.2 Å². The van der Waals surface area contributed by atoms with Gasteiger partial charge in [0, 0.05) is 17.8 Å². The summed E-state index contributed by atoms with van der Waals surface area (Å²) in [6, 6.07) is 12.7. The number of hydrogen-bond donors (Lipinski definition) is 2. The minimum atomic E-state index is -0.637. The van der Waals surface area contributed by atoms with Gasteiger partial charge in [0.05, 0.1) is 0 Å². The molecule has 0 bridgehead atoms. The maximum absolute atomic E-state index is 12.4. The molecule has 27 heavy (non-hydrogen) atoms. The molecule has 0 heterocycles. The number of benzene rings is 2. The monoisotopic (exact) mass is 368 g/mol. The molecule has 5 heteroatoms. The minimum Gasteiger partial charge on any atom is -0.480 e. The molecule has 0 aromatic heterocycles. The number of unbranched alkanes of at least 4 members (excludes halogenated alkanes) is 1. The predicted octanol–water partition coefficient (Wildman–Crippen LogP) is 4.24. The summed E-state index contributed by atoms with van der Waals surface area (Å²) >= 11 is 0. The van der Waals surface area contributed by atoms with E-state index in [1.165, 1.54) is 0 Å². The molecule has 0 saturated carbocycles. The highest BCUT2D eigenvalue weighted by Gasteiger charge is 2.17. The number of amides is 2. The van der Waals surface area contributed by atoms with E-state index in [0.29, 0.717) is 17.8 Å². The lowest BCUT2D eigenvalue weighted by atomic mass is 10.1. The molecule has 2 aromatic rings. The summed E-state index contributed by atoms with van der Waals surface area (Å²) in [5.74, 6) is 0.394. The lowest BCUT2D eigenvalue weighted by Gasteiger charge is -2.18. The molecule has 2 aromatic carbocycles. The van der Waals surface area contributed by atoms with Crippen molar-refractivity contribution < 1.29 is 14.3 Å². The Hall–Kier alpha value is -2.82. The van der Waals surface area contributed by atoms with Crippen molar-refractivity contribution >= 4 is 17.5 Å². The third-order valence-electron chi connectivity index (χ3n) is 4.30. The lowest BCUT2D eigenvalue weighted by Crippen LogP contribution is -2.30. The van der Waals surface area contributed by atoms with Gasteiger partial charge in [-0.15, -0.1) is 0 Å². The highest BCUT2D eigenvalue weighted by Crippen LogP contribution is 2.23. The Balaban J connectivity index is 1.94. The summed E-state index contributed by atoms with van der Waals surface area (Å²) in [5, 5.41) is 5.69. The summed E-state index contributed by atoms with van der Waals surface area (Å²) in [7, 11) is 0. The zero-order valence-corrected chi connectivity index (χ0v) is 16.5. The van der Waals surface area contributed by atoms with Crippen molar-refractivity contribution in [2.75, 3.05) is 11.9 Å². The molecule has 0 spiro atoms. The average Bonchev–Trinajstić information content (AvgIpc) is 2.65. The molecular formula is C22H28N2O3. The van der Waals surface area contributed by atoms with E-state index < -0.39 is 6.10 Å². The molecule has 0 aliphatic heterocycles. The van der Waals surface area contributed by atoms with E-state index >= 15 is 0 Å². The fourth-order valence-electron chi connectivity index (χ4n) is 2.64. The van der Waals surface area contributed by atoms with Crippen LogP contribution in [0.3, 0.4) is 0 Å². The van der Waals surface area contributed by atoms with E-state index in [4.69, 9.17) is 4.74 Å². The largest absolute Gasteiger partial charge is 0.480 e. The molecule has 5 nitrogen and oxygen atoms in total. The van der Waals surface area contributed by atoms with Gasteiger partial charge in [0.15, 0.2) is 6.10 Å². The minimum absolute atomic E-state index is 0.104. The van der Waals surface area contributed by atoms with E-state index in [2.05, 4.69) is 17.6 Å². The summed E-state index contributed by atoms with van der Waals surface area (Å²) < 4.78 is 5.85. The number of hydrogen-bond acceptors (Lipinski definition) is 3. The zero-order valence-electron chi connectivity index (χ0n) is 16.5. The predicted molar refractivity (Wildman–Crippen MR) is 108 cm³/mol. The lowest BCUT2D eigenvalue weighted by molar-refractivity contribution is -0.122. The summed E-state index contributed by atoms with van der Waals surface area (Å²) in [6.07, 6.45) is 1.35. The van der Waals surface area contributed by atoms with Crippen LogP contribution in [-0.2, 0) is 4.79 Å². The highest BCUT2D eigenvalue weighted by atomic mass is 16.5. The van der Waals surface area contributed by atoms with Crippen molar-refractivity contribution in [3.8, 4) is 5.75 Å². The molecule has 2 rings (SSSR count). The molecular weight excluding hydrogens is 340 g/mol. The SMILES string of the molecule is CCCCNC(=O)c1ccc(NC(=O)C(C)Oc2c(C)cccc2C)cc1. The first-order valence-corrected chi connectivity index (χ1v) is 9.34. The number of anilines is 1. The molecule has 1 unspecified atom stereocenters. The number of aryl methyl sites for hydroxylation is 2. The Kier molecular flexibility index (Phi) is 7.41. The van der Waals surface area contributed by atoms with Gasteiger partial charge in [0.25, 0.3) is 11.8 Å². The first kappa shape index (κ1) is 20.5. The number of para-hydroxylation sites is 1. The van der Waals surface area contributed by atoms with Gasteiger partial charge in [-0.2, -0.15) is 0 Å². The summed E-state index contributed by atoms with van der Waals surface area (Å²) in [5.41, 5.74) is 3.19. The number of nitrogens with one attached hydrogen (secondary N) is 2. The Morgan fingerprint density at radius 1 is 1.04 bits per heavy atom. The first-order valence-electron chi connectivity index (χ1n) is 9.34. The number of carbonyl (C=O) groups is 2. The fraction of sp³-hybridized carbons (Fsp3) is 0.364. The van der Waals surface area contributed by atoms with Crippen LogP contribution < -0.4 is 15.4 Å². The van der Waals surface area contributed by atoms with Crippen molar-refractivity contribution in [1.82, 2.24) is 5.32 Å². The Morgan fingerprint density at radius 2 is 1.67 bits per heavy atom. The van der Waals surface area contributed by atoms with Crippen molar-refractivity contribution in [2.45, 2.75) is 46.6 Å². The summed E-state index contributed by atoms with van der Waals surface area (Å²) in [6.45, 7) is 8.38. The van der Waals surface area contributed by atoms with Crippen LogP contribution >= 0.6 is 0 Å². The van der Waals surface area contributed by atoms with E-state index in [1.807, 2.05) is 32.0 Å². The van der Waals surface area contributed by atoms with Crippen molar-refractivity contribution in [3.63, 3.8) is 0 Å². The molecule has 1 atom stereocenters. The number of carbonyl (C=O) groups excluding carboxylic acids is 2. The third kappa shape index (κ3) is 5.84. The molecule has 0 radical (unpaired) electrons. The van der Waals surface area contributed by atoms with Crippen molar-refractivity contribution in [2.24, 2.45) is 0 Å². The molecule has 2 amide bonds. The van der Waals surface area contributed by atoms with Gasteiger partial charge < -0.3 is 15.4 Å². The van der Waals surface area contributed by atoms with Crippen LogP contribution in [0.15, 0.2) is 42.5 Å². The standard InChI is InChI=1S/C22H28N2O3/c1-5-6-14-23-22(26)18-10-12-19(13-11-18)24-21(25)17(4)27-20-15(2)8-7-9-16(20)3/h7-13,17H,5-6,14H2,1-4H3,(H,23,26)(H,24,25). The molecule has 0 saturated heterocycles. The van der Waals surface area contributed by atoms with E-state index in [9.17, 15) is 9.59 Å². The Morgan fingerprint density at radius 3 is 2.26 bits per heavy atom. The van der Waals surface area contributed by atoms with Gasteiger partial charge in [-0.05, 0) is 62.6 Å². The highest BCUT2D eigenvalue weighted by molar-refractivity contribution is 5.96. The Bertz CT molecular complexity index is 764. The smallest absolute Gasteiger partial charge is 0.265 e.